The Morgan fingerprint density at radius 3 is 2.23 bits per heavy atom. The van der Waals surface area contributed by atoms with Gasteiger partial charge >= 0.3 is 0 Å². The summed E-state index contributed by atoms with van der Waals surface area (Å²) in [6, 6.07) is 20.9. The van der Waals surface area contributed by atoms with E-state index in [9.17, 15) is 18.0 Å². The number of likely N-dealkylation sites (N-methyl/N-ethyl adjacent to an activating group) is 1. The molecule has 39 heavy (non-hydrogen) atoms. The molecule has 1 N–H and O–H groups in total. The lowest BCUT2D eigenvalue weighted by Crippen LogP contribution is -2.49. The highest BCUT2D eigenvalue weighted by atomic mass is 35.5. The Morgan fingerprint density at radius 2 is 1.59 bits per heavy atom. The molecule has 0 heterocycles. The third-order valence-corrected chi connectivity index (χ3v) is 8.00. The van der Waals surface area contributed by atoms with Crippen LogP contribution >= 0.6 is 23.2 Å². The molecule has 0 aliphatic rings. The number of benzene rings is 3. The first-order valence-electron chi connectivity index (χ1n) is 12.5. The minimum Gasteiger partial charge on any atom is -0.357 e. The predicted octanol–water partition coefficient (Wildman–Crippen LogP) is 5.23. The minimum atomic E-state index is -3.63. The molecule has 0 saturated carbocycles. The summed E-state index contributed by atoms with van der Waals surface area (Å²) in [5.41, 5.74) is 2.92. The molecule has 0 aromatic heterocycles. The van der Waals surface area contributed by atoms with Crippen molar-refractivity contribution in [3.05, 3.63) is 99.5 Å². The van der Waals surface area contributed by atoms with Crippen LogP contribution in [0.15, 0.2) is 72.8 Å². The van der Waals surface area contributed by atoms with Crippen molar-refractivity contribution in [3.8, 4) is 0 Å². The smallest absolute Gasteiger partial charge is 0.242 e. The standard InChI is InChI=1S/C29H33Cl2N3O4S/c1-21-14-15-25(31)19-26(21)34(39(3,37)38)16-8-13-28(35)33(20-23-11-7-12-24(30)17-23)27(29(36)32-2)18-22-9-5-4-6-10-22/h4-7,9-12,14-15,17,19,27H,8,13,16,18,20H2,1-3H3,(H,32,36)/t27-/m0/s1. The van der Waals surface area contributed by atoms with Gasteiger partial charge in [-0.25, -0.2) is 8.42 Å². The molecular weight excluding hydrogens is 557 g/mol. The zero-order valence-electron chi connectivity index (χ0n) is 22.2. The number of nitrogens with zero attached hydrogens (tertiary/aromatic N) is 2. The van der Waals surface area contributed by atoms with E-state index in [-0.39, 0.29) is 37.7 Å². The van der Waals surface area contributed by atoms with Gasteiger partial charge in [0.1, 0.15) is 6.04 Å². The number of carbonyl (C=O) groups is 2. The molecule has 3 aromatic carbocycles. The molecule has 208 valence electrons. The lowest BCUT2D eigenvalue weighted by molar-refractivity contribution is -0.141. The first-order chi connectivity index (χ1) is 18.5. The van der Waals surface area contributed by atoms with Gasteiger partial charge in [-0.15, -0.1) is 0 Å². The molecule has 0 radical (unpaired) electrons. The van der Waals surface area contributed by atoms with Crippen LogP contribution in [0.25, 0.3) is 0 Å². The van der Waals surface area contributed by atoms with E-state index < -0.39 is 16.1 Å². The Hall–Kier alpha value is -3.07. The Kier molecular flexibility index (Phi) is 10.8. The number of amides is 2. The number of hydrogen-bond acceptors (Lipinski definition) is 4. The normalized spacial score (nSPS) is 12.0. The van der Waals surface area contributed by atoms with Crippen LogP contribution in [0.5, 0.6) is 0 Å². The predicted molar refractivity (Wildman–Crippen MR) is 158 cm³/mol. The van der Waals surface area contributed by atoms with E-state index in [1.54, 1.807) is 55.3 Å². The van der Waals surface area contributed by atoms with Gasteiger partial charge in [-0.2, -0.15) is 0 Å². The van der Waals surface area contributed by atoms with Crippen molar-refractivity contribution < 1.29 is 18.0 Å². The molecular formula is C29H33Cl2N3O4S. The van der Waals surface area contributed by atoms with Crippen LogP contribution in [0.4, 0.5) is 5.69 Å². The topological polar surface area (TPSA) is 86.8 Å². The highest BCUT2D eigenvalue weighted by molar-refractivity contribution is 7.92. The molecule has 3 rings (SSSR count). The highest BCUT2D eigenvalue weighted by Crippen LogP contribution is 2.27. The summed E-state index contributed by atoms with van der Waals surface area (Å²) in [5.74, 6) is -0.558. The lowest BCUT2D eigenvalue weighted by atomic mass is 10.0. The Balaban J connectivity index is 1.86. The number of halogens is 2. The van der Waals surface area contributed by atoms with Crippen LogP contribution in [0.3, 0.4) is 0 Å². The van der Waals surface area contributed by atoms with E-state index >= 15 is 0 Å². The van der Waals surface area contributed by atoms with Crippen molar-refractivity contribution >= 4 is 50.7 Å². The molecule has 1 atom stereocenters. The van der Waals surface area contributed by atoms with Crippen molar-refractivity contribution in [3.63, 3.8) is 0 Å². The summed E-state index contributed by atoms with van der Waals surface area (Å²) in [6.45, 7) is 2.06. The zero-order valence-corrected chi connectivity index (χ0v) is 24.6. The van der Waals surface area contributed by atoms with Crippen LogP contribution in [0.1, 0.15) is 29.5 Å². The first kappa shape index (κ1) is 30.5. The van der Waals surface area contributed by atoms with Gasteiger partial charge in [0, 0.05) is 43.0 Å². The number of aryl methyl sites for hydroxylation is 1. The van der Waals surface area contributed by atoms with E-state index in [2.05, 4.69) is 5.32 Å². The number of nitrogens with one attached hydrogen (secondary N) is 1. The number of hydrogen-bond donors (Lipinski definition) is 1. The van der Waals surface area contributed by atoms with E-state index in [0.29, 0.717) is 22.2 Å². The van der Waals surface area contributed by atoms with Crippen molar-refractivity contribution in [1.29, 1.82) is 0 Å². The average Bonchev–Trinajstić information content (AvgIpc) is 2.89. The summed E-state index contributed by atoms with van der Waals surface area (Å²) in [5, 5.41) is 3.63. The molecule has 0 saturated heterocycles. The second-order valence-electron chi connectivity index (χ2n) is 9.34. The molecule has 0 aliphatic heterocycles. The number of carbonyl (C=O) groups excluding carboxylic acids is 2. The van der Waals surface area contributed by atoms with Gasteiger partial charge in [-0.05, 0) is 54.3 Å². The molecule has 3 aromatic rings. The summed E-state index contributed by atoms with van der Waals surface area (Å²) in [4.78, 5) is 28.3. The monoisotopic (exact) mass is 589 g/mol. The summed E-state index contributed by atoms with van der Waals surface area (Å²) < 4.78 is 26.5. The fourth-order valence-electron chi connectivity index (χ4n) is 4.39. The maximum atomic E-state index is 13.7. The number of rotatable bonds is 12. The van der Waals surface area contributed by atoms with Crippen LogP contribution in [-0.4, -0.2) is 51.0 Å². The molecule has 0 aliphatic carbocycles. The van der Waals surface area contributed by atoms with Crippen LogP contribution in [-0.2, 0) is 32.6 Å². The van der Waals surface area contributed by atoms with Gasteiger partial charge in [0.2, 0.25) is 21.8 Å². The van der Waals surface area contributed by atoms with Gasteiger partial charge in [-0.3, -0.25) is 13.9 Å². The van der Waals surface area contributed by atoms with Crippen molar-refractivity contribution in [1.82, 2.24) is 10.2 Å². The van der Waals surface area contributed by atoms with Crippen molar-refractivity contribution in [2.24, 2.45) is 0 Å². The lowest BCUT2D eigenvalue weighted by Gasteiger charge is -2.31. The van der Waals surface area contributed by atoms with E-state index in [1.165, 1.54) is 4.31 Å². The fourth-order valence-corrected chi connectivity index (χ4v) is 5.78. The van der Waals surface area contributed by atoms with Crippen molar-refractivity contribution in [2.45, 2.75) is 38.8 Å². The molecule has 0 spiro atoms. The van der Waals surface area contributed by atoms with Gasteiger partial charge < -0.3 is 10.2 Å². The third kappa shape index (κ3) is 8.71. The van der Waals surface area contributed by atoms with Gasteiger partial charge in [-0.1, -0.05) is 71.7 Å². The first-order valence-corrected chi connectivity index (χ1v) is 15.1. The van der Waals surface area contributed by atoms with Crippen LogP contribution in [0.2, 0.25) is 10.0 Å². The molecule has 10 heteroatoms. The Labute approximate surface area is 240 Å². The second-order valence-corrected chi connectivity index (χ2v) is 12.1. The minimum absolute atomic E-state index is 0.0362. The van der Waals surface area contributed by atoms with Crippen LogP contribution < -0.4 is 9.62 Å². The number of anilines is 1. The van der Waals surface area contributed by atoms with Gasteiger partial charge in [0.05, 0.1) is 11.9 Å². The van der Waals surface area contributed by atoms with E-state index in [4.69, 9.17) is 23.2 Å². The molecule has 7 nitrogen and oxygen atoms in total. The Morgan fingerprint density at radius 1 is 0.923 bits per heavy atom. The molecule has 0 unspecified atom stereocenters. The Bertz CT molecular complexity index is 1400. The SMILES string of the molecule is CNC(=O)[C@H](Cc1ccccc1)N(Cc1cccc(Cl)c1)C(=O)CCCN(c1cc(Cl)ccc1C)S(C)(=O)=O. The van der Waals surface area contributed by atoms with E-state index in [1.807, 2.05) is 36.4 Å². The van der Waals surface area contributed by atoms with Crippen molar-refractivity contribution in [2.75, 3.05) is 24.2 Å². The largest absolute Gasteiger partial charge is 0.357 e. The average molecular weight is 591 g/mol. The fraction of sp³-hybridized carbons (Fsp3) is 0.310. The quantitative estimate of drug-likeness (QED) is 0.313. The maximum Gasteiger partial charge on any atom is 0.242 e. The third-order valence-electron chi connectivity index (χ3n) is 6.35. The molecule has 0 fully saturated rings. The number of sulfonamides is 1. The van der Waals surface area contributed by atoms with Crippen LogP contribution in [0, 0.1) is 6.92 Å². The highest BCUT2D eigenvalue weighted by Gasteiger charge is 2.30. The van der Waals surface area contributed by atoms with E-state index in [0.717, 1.165) is 22.9 Å². The summed E-state index contributed by atoms with van der Waals surface area (Å²) in [7, 11) is -2.09. The maximum absolute atomic E-state index is 13.7. The van der Waals surface area contributed by atoms with Gasteiger partial charge in [0.15, 0.2) is 0 Å². The molecule has 0 bridgehead atoms. The molecule has 2 amide bonds. The summed E-state index contributed by atoms with van der Waals surface area (Å²) >= 11 is 12.3. The van der Waals surface area contributed by atoms with Gasteiger partial charge in [0.25, 0.3) is 0 Å². The summed E-state index contributed by atoms with van der Waals surface area (Å²) in [6.07, 6.45) is 1.73. The zero-order chi connectivity index (χ0) is 28.6. The second kappa shape index (κ2) is 13.8.